The standard InChI is InChI=1S/C17H21N5O4/c18-9-13-8-14(22(24)25)10-19-16(13)21-5-3-12(4-6-21)17(23)20-11-15-2-1-7-26-15/h8,10,12,15H,1-7,11H2,(H,20,23)/t15-/m0/s1. The van der Waals surface area contributed by atoms with E-state index in [4.69, 9.17) is 4.74 Å². The molecule has 9 heteroatoms. The fourth-order valence-electron chi connectivity index (χ4n) is 3.40. The SMILES string of the molecule is N#Cc1cc([N+](=O)[O-])cnc1N1CCC(C(=O)NC[C@@H]2CCCO2)CC1. The number of rotatable bonds is 5. The molecule has 1 N–H and O–H groups in total. The fraction of sp³-hybridized carbons (Fsp3) is 0.588. The third-order valence-electron chi connectivity index (χ3n) is 4.88. The summed E-state index contributed by atoms with van der Waals surface area (Å²) >= 11 is 0. The summed E-state index contributed by atoms with van der Waals surface area (Å²) in [5.41, 5.74) is -0.0193. The van der Waals surface area contributed by atoms with Crippen LogP contribution in [0.4, 0.5) is 11.5 Å². The lowest BCUT2D eigenvalue weighted by molar-refractivity contribution is -0.385. The van der Waals surface area contributed by atoms with Crippen molar-refractivity contribution in [3.63, 3.8) is 0 Å². The Morgan fingerprint density at radius 1 is 1.46 bits per heavy atom. The summed E-state index contributed by atoms with van der Waals surface area (Å²) in [5.74, 6) is 0.407. The molecule has 0 spiro atoms. The van der Waals surface area contributed by atoms with E-state index in [0.717, 1.165) is 25.6 Å². The molecule has 2 aliphatic heterocycles. The molecule has 1 aromatic rings. The van der Waals surface area contributed by atoms with Gasteiger partial charge in [0.25, 0.3) is 5.69 Å². The van der Waals surface area contributed by atoms with Crippen molar-refractivity contribution in [3.8, 4) is 6.07 Å². The van der Waals surface area contributed by atoms with Crippen LogP contribution in [0.15, 0.2) is 12.3 Å². The molecule has 3 rings (SSSR count). The van der Waals surface area contributed by atoms with Gasteiger partial charge in [0.05, 0.1) is 11.0 Å². The van der Waals surface area contributed by atoms with E-state index in [9.17, 15) is 20.2 Å². The van der Waals surface area contributed by atoms with E-state index in [2.05, 4.69) is 10.3 Å². The second-order valence-corrected chi connectivity index (χ2v) is 6.58. The summed E-state index contributed by atoms with van der Waals surface area (Å²) < 4.78 is 5.51. The van der Waals surface area contributed by atoms with Crippen LogP contribution < -0.4 is 10.2 Å². The number of ether oxygens (including phenoxy) is 1. The van der Waals surface area contributed by atoms with Gasteiger partial charge in [-0.15, -0.1) is 0 Å². The van der Waals surface area contributed by atoms with Crippen molar-refractivity contribution >= 4 is 17.4 Å². The van der Waals surface area contributed by atoms with E-state index in [0.29, 0.717) is 38.3 Å². The third kappa shape index (κ3) is 4.08. The lowest BCUT2D eigenvalue weighted by atomic mass is 9.95. The smallest absolute Gasteiger partial charge is 0.289 e. The van der Waals surface area contributed by atoms with E-state index in [1.165, 1.54) is 6.07 Å². The van der Waals surface area contributed by atoms with Gasteiger partial charge in [0, 0.05) is 38.2 Å². The molecule has 3 heterocycles. The zero-order valence-corrected chi connectivity index (χ0v) is 14.4. The molecule has 0 aromatic carbocycles. The van der Waals surface area contributed by atoms with Gasteiger partial charge in [-0.3, -0.25) is 14.9 Å². The van der Waals surface area contributed by atoms with Gasteiger partial charge in [0.2, 0.25) is 5.91 Å². The molecule has 1 amide bonds. The average Bonchev–Trinajstić information content (AvgIpc) is 3.19. The largest absolute Gasteiger partial charge is 0.376 e. The zero-order chi connectivity index (χ0) is 18.5. The highest BCUT2D eigenvalue weighted by Crippen LogP contribution is 2.26. The molecule has 2 aliphatic rings. The summed E-state index contributed by atoms with van der Waals surface area (Å²) in [6.45, 7) is 2.49. The van der Waals surface area contributed by atoms with Crippen LogP contribution in [0.2, 0.25) is 0 Å². The maximum absolute atomic E-state index is 12.3. The number of anilines is 1. The minimum absolute atomic E-state index is 0.0392. The maximum atomic E-state index is 12.3. The summed E-state index contributed by atoms with van der Waals surface area (Å²) in [5, 5.41) is 23.0. The van der Waals surface area contributed by atoms with Crippen LogP contribution in [0.1, 0.15) is 31.2 Å². The maximum Gasteiger partial charge on any atom is 0.289 e. The first-order valence-electron chi connectivity index (χ1n) is 8.77. The van der Waals surface area contributed by atoms with Gasteiger partial charge in [0.1, 0.15) is 23.6 Å². The van der Waals surface area contributed by atoms with Crippen molar-refractivity contribution < 1.29 is 14.5 Å². The highest BCUT2D eigenvalue weighted by Gasteiger charge is 2.28. The molecule has 1 atom stereocenters. The molecule has 0 saturated carbocycles. The first kappa shape index (κ1) is 18.1. The second kappa shape index (κ2) is 8.10. The predicted octanol–water partition coefficient (Wildman–Crippen LogP) is 1.37. The number of carbonyl (C=O) groups is 1. The molecule has 2 saturated heterocycles. The Labute approximate surface area is 151 Å². The third-order valence-corrected chi connectivity index (χ3v) is 4.88. The van der Waals surface area contributed by atoms with Crippen LogP contribution in [0.25, 0.3) is 0 Å². The van der Waals surface area contributed by atoms with E-state index in [1.54, 1.807) is 0 Å². The quantitative estimate of drug-likeness (QED) is 0.622. The number of nitrogens with one attached hydrogen (secondary N) is 1. The first-order chi connectivity index (χ1) is 12.6. The average molecular weight is 359 g/mol. The first-order valence-corrected chi connectivity index (χ1v) is 8.77. The summed E-state index contributed by atoms with van der Waals surface area (Å²) in [4.78, 5) is 28.6. The number of aromatic nitrogens is 1. The minimum Gasteiger partial charge on any atom is -0.376 e. The van der Waals surface area contributed by atoms with Gasteiger partial charge in [0.15, 0.2) is 0 Å². The predicted molar refractivity (Wildman–Crippen MR) is 92.5 cm³/mol. The Morgan fingerprint density at radius 3 is 2.85 bits per heavy atom. The van der Waals surface area contributed by atoms with Crippen molar-refractivity contribution in [2.45, 2.75) is 31.8 Å². The lowest BCUT2D eigenvalue weighted by Gasteiger charge is -2.32. The number of nitriles is 1. The number of amides is 1. The lowest BCUT2D eigenvalue weighted by Crippen LogP contribution is -2.42. The van der Waals surface area contributed by atoms with Crippen LogP contribution in [-0.2, 0) is 9.53 Å². The van der Waals surface area contributed by atoms with Crippen LogP contribution in [0.5, 0.6) is 0 Å². The highest BCUT2D eigenvalue weighted by atomic mass is 16.6. The Balaban J connectivity index is 1.55. The number of pyridine rings is 1. The topological polar surface area (TPSA) is 121 Å². The van der Waals surface area contributed by atoms with E-state index in [-0.39, 0.29) is 29.2 Å². The molecule has 26 heavy (non-hydrogen) atoms. The number of hydrogen-bond acceptors (Lipinski definition) is 7. The minimum atomic E-state index is -0.567. The Bertz CT molecular complexity index is 718. The van der Waals surface area contributed by atoms with Crippen molar-refractivity contribution in [1.29, 1.82) is 5.26 Å². The molecule has 138 valence electrons. The van der Waals surface area contributed by atoms with Gasteiger partial charge in [-0.2, -0.15) is 5.26 Å². The van der Waals surface area contributed by atoms with Crippen LogP contribution in [-0.4, -0.2) is 48.2 Å². The molecule has 0 unspecified atom stereocenters. The van der Waals surface area contributed by atoms with Gasteiger partial charge < -0.3 is 15.0 Å². The number of piperidine rings is 1. The van der Waals surface area contributed by atoms with Crippen molar-refractivity contribution in [2.24, 2.45) is 5.92 Å². The Kier molecular flexibility index (Phi) is 5.63. The van der Waals surface area contributed by atoms with Crippen LogP contribution in [0, 0.1) is 27.4 Å². The Hall–Kier alpha value is -2.73. The molecule has 1 aromatic heterocycles. The summed E-state index contributed by atoms with van der Waals surface area (Å²) in [6, 6.07) is 3.21. The summed E-state index contributed by atoms with van der Waals surface area (Å²) in [6.07, 6.45) is 4.63. The molecule has 9 nitrogen and oxygen atoms in total. The molecular weight excluding hydrogens is 338 g/mol. The highest BCUT2D eigenvalue weighted by molar-refractivity contribution is 5.79. The van der Waals surface area contributed by atoms with Gasteiger partial charge in [-0.05, 0) is 25.7 Å². The molecule has 0 bridgehead atoms. The van der Waals surface area contributed by atoms with E-state index < -0.39 is 4.92 Å². The monoisotopic (exact) mass is 359 g/mol. The van der Waals surface area contributed by atoms with E-state index >= 15 is 0 Å². The van der Waals surface area contributed by atoms with Gasteiger partial charge in [-0.1, -0.05) is 0 Å². The van der Waals surface area contributed by atoms with Crippen molar-refractivity contribution in [2.75, 3.05) is 31.1 Å². The van der Waals surface area contributed by atoms with Crippen molar-refractivity contribution in [3.05, 3.63) is 27.9 Å². The van der Waals surface area contributed by atoms with E-state index in [1.807, 2.05) is 11.0 Å². The number of carbonyl (C=O) groups excluding carboxylic acids is 1. The van der Waals surface area contributed by atoms with Crippen LogP contribution in [0.3, 0.4) is 0 Å². The van der Waals surface area contributed by atoms with Gasteiger partial charge in [-0.25, -0.2) is 4.98 Å². The summed E-state index contributed by atoms with van der Waals surface area (Å²) in [7, 11) is 0. The fourth-order valence-corrected chi connectivity index (χ4v) is 3.40. The molecule has 2 fully saturated rings. The van der Waals surface area contributed by atoms with Gasteiger partial charge >= 0.3 is 0 Å². The zero-order valence-electron chi connectivity index (χ0n) is 14.4. The second-order valence-electron chi connectivity index (χ2n) is 6.58. The number of nitro groups is 1. The number of hydrogen-bond donors (Lipinski definition) is 1. The molecule has 0 aliphatic carbocycles. The van der Waals surface area contributed by atoms with Crippen molar-refractivity contribution in [1.82, 2.24) is 10.3 Å². The normalized spacial score (nSPS) is 20.6. The molecule has 0 radical (unpaired) electrons. The molecular formula is C17H21N5O4. The number of nitrogens with zero attached hydrogens (tertiary/aromatic N) is 4. The Morgan fingerprint density at radius 2 is 2.23 bits per heavy atom. The van der Waals surface area contributed by atoms with Crippen LogP contribution >= 0.6 is 0 Å².